The van der Waals surface area contributed by atoms with E-state index in [0.717, 1.165) is 15.8 Å². The van der Waals surface area contributed by atoms with Crippen molar-refractivity contribution in [2.75, 3.05) is 26.6 Å². The van der Waals surface area contributed by atoms with Crippen molar-refractivity contribution in [3.05, 3.63) is 64.5 Å². The van der Waals surface area contributed by atoms with E-state index in [1.54, 1.807) is 49.6 Å². The maximum absolute atomic E-state index is 12.5. The highest BCUT2D eigenvalue weighted by Gasteiger charge is 2.14. The van der Waals surface area contributed by atoms with Gasteiger partial charge in [-0.2, -0.15) is 4.99 Å². The van der Waals surface area contributed by atoms with E-state index >= 15 is 0 Å². The van der Waals surface area contributed by atoms with Gasteiger partial charge in [-0.1, -0.05) is 41.7 Å². The van der Waals surface area contributed by atoms with Crippen molar-refractivity contribution in [1.82, 2.24) is 4.57 Å². The lowest BCUT2D eigenvalue weighted by molar-refractivity contribution is -0.118. The molecule has 3 rings (SSSR count). The minimum absolute atomic E-state index is 0.0277. The van der Waals surface area contributed by atoms with Crippen LogP contribution in [0.15, 0.2) is 53.5 Å². The lowest BCUT2D eigenvalue weighted by Crippen LogP contribution is -2.19. The summed E-state index contributed by atoms with van der Waals surface area (Å²) in [5, 5.41) is 0. The molecule has 0 saturated heterocycles. The topological polar surface area (TPSA) is 104 Å². The number of methoxy groups -OCH3 is 2. The van der Waals surface area contributed by atoms with Gasteiger partial charge < -0.3 is 14.0 Å². The number of carbonyl (C=O) groups is 2. The molecule has 1 heterocycles. The van der Waals surface area contributed by atoms with Crippen LogP contribution in [0.3, 0.4) is 0 Å². The number of esters is 1. The number of fused-ring (bicyclic) bond motifs is 1. The Morgan fingerprint density at radius 1 is 1.09 bits per heavy atom. The van der Waals surface area contributed by atoms with Crippen molar-refractivity contribution >= 4 is 43.3 Å². The molecule has 0 atom stereocenters. The second-order valence-electron chi connectivity index (χ2n) is 7.39. The molecule has 10 heteroatoms. The van der Waals surface area contributed by atoms with E-state index in [0.29, 0.717) is 23.5 Å². The standard InChI is InChI=1S/C23H26N2O6S2/c1-30-13-12-25-19-11-10-18(22(27)31-2)15-20(19)32-23(25)24-21(26)9-6-14-33(28,29)16-17-7-4-3-5-8-17/h3-5,7-8,10-11,15H,6,9,12-14,16H2,1-2H3. The predicted molar refractivity (Wildman–Crippen MR) is 127 cm³/mol. The van der Waals surface area contributed by atoms with Crippen molar-refractivity contribution in [1.29, 1.82) is 0 Å². The minimum atomic E-state index is -3.32. The fourth-order valence-electron chi connectivity index (χ4n) is 3.31. The first-order chi connectivity index (χ1) is 15.8. The van der Waals surface area contributed by atoms with E-state index in [9.17, 15) is 18.0 Å². The van der Waals surface area contributed by atoms with Crippen molar-refractivity contribution in [3.8, 4) is 0 Å². The Balaban J connectivity index is 1.75. The first kappa shape index (κ1) is 24.8. The second kappa shape index (κ2) is 11.4. The molecule has 3 aromatic rings. The van der Waals surface area contributed by atoms with Gasteiger partial charge in [0.1, 0.15) is 0 Å². The SMILES string of the molecule is COCCn1c(=NC(=O)CCCS(=O)(=O)Cc2ccccc2)sc2cc(C(=O)OC)ccc21. The Labute approximate surface area is 196 Å². The highest BCUT2D eigenvalue weighted by Crippen LogP contribution is 2.20. The molecule has 0 bridgehead atoms. The van der Waals surface area contributed by atoms with Gasteiger partial charge in [-0.05, 0) is 30.2 Å². The normalized spacial score (nSPS) is 12.2. The average molecular weight is 491 g/mol. The number of aromatic nitrogens is 1. The number of ether oxygens (including phenoxy) is 2. The number of amides is 1. The number of rotatable bonds is 10. The Morgan fingerprint density at radius 3 is 2.55 bits per heavy atom. The van der Waals surface area contributed by atoms with E-state index in [2.05, 4.69) is 4.99 Å². The summed E-state index contributed by atoms with van der Waals surface area (Å²) in [6.45, 7) is 0.898. The van der Waals surface area contributed by atoms with Gasteiger partial charge in [0.25, 0.3) is 0 Å². The Morgan fingerprint density at radius 2 is 1.85 bits per heavy atom. The van der Waals surface area contributed by atoms with E-state index in [-0.39, 0.29) is 24.3 Å². The zero-order chi connectivity index (χ0) is 23.8. The van der Waals surface area contributed by atoms with Gasteiger partial charge in [0.2, 0.25) is 5.91 Å². The zero-order valence-corrected chi connectivity index (χ0v) is 20.2. The number of sulfone groups is 1. The molecule has 0 saturated carbocycles. The Bertz CT molecular complexity index is 1290. The first-order valence-corrected chi connectivity index (χ1v) is 13.0. The Kier molecular flexibility index (Phi) is 8.54. The van der Waals surface area contributed by atoms with Gasteiger partial charge >= 0.3 is 5.97 Å². The van der Waals surface area contributed by atoms with Crippen LogP contribution in [-0.4, -0.2) is 51.4 Å². The summed E-state index contributed by atoms with van der Waals surface area (Å²) in [4.78, 5) is 29.0. The van der Waals surface area contributed by atoms with Gasteiger partial charge in [-0.25, -0.2) is 13.2 Å². The molecule has 0 aliphatic rings. The maximum atomic E-state index is 12.5. The third-order valence-corrected chi connectivity index (χ3v) is 7.64. The number of nitrogens with zero attached hydrogens (tertiary/aromatic N) is 2. The van der Waals surface area contributed by atoms with Crippen LogP contribution in [0.2, 0.25) is 0 Å². The monoisotopic (exact) mass is 490 g/mol. The summed E-state index contributed by atoms with van der Waals surface area (Å²) in [5.74, 6) is -0.965. The lowest BCUT2D eigenvalue weighted by atomic mass is 10.2. The molecule has 176 valence electrons. The smallest absolute Gasteiger partial charge is 0.337 e. The van der Waals surface area contributed by atoms with E-state index < -0.39 is 21.7 Å². The van der Waals surface area contributed by atoms with Crippen molar-refractivity contribution in [2.24, 2.45) is 4.99 Å². The number of thiazole rings is 1. The van der Waals surface area contributed by atoms with Crippen LogP contribution in [0.5, 0.6) is 0 Å². The molecule has 8 nitrogen and oxygen atoms in total. The molecule has 2 aromatic carbocycles. The largest absolute Gasteiger partial charge is 0.465 e. The molecule has 0 fully saturated rings. The molecule has 1 amide bonds. The summed E-state index contributed by atoms with van der Waals surface area (Å²) >= 11 is 1.28. The van der Waals surface area contributed by atoms with Crippen LogP contribution in [-0.2, 0) is 36.4 Å². The van der Waals surface area contributed by atoms with E-state index in [1.807, 2.05) is 10.6 Å². The molecule has 1 aromatic heterocycles. The van der Waals surface area contributed by atoms with Gasteiger partial charge in [0, 0.05) is 20.1 Å². The van der Waals surface area contributed by atoms with Gasteiger partial charge in [0.05, 0.1) is 41.0 Å². The van der Waals surface area contributed by atoms with Crippen LogP contribution in [0, 0.1) is 0 Å². The maximum Gasteiger partial charge on any atom is 0.337 e. The van der Waals surface area contributed by atoms with Gasteiger partial charge in [-0.15, -0.1) is 0 Å². The van der Waals surface area contributed by atoms with Crippen LogP contribution in [0.1, 0.15) is 28.8 Å². The predicted octanol–water partition coefficient (Wildman–Crippen LogP) is 2.96. The molecule has 0 radical (unpaired) electrons. The zero-order valence-electron chi connectivity index (χ0n) is 18.5. The summed E-state index contributed by atoms with van der Waals surface area (Å²) < 4.78 is 37.3. The number of carbonyl (C=O) groups excluding carboxylic acids is 2. The van der Waals surface area contributed by atoms with Crippen LogP contribution < -0.4 is 4.80 Å². The fraction of sp³-hybridized carbons (Fsp3) is 0.348. The molecule has 0 aliphatic heterocycles. The summed E-state index contributed by atoms with van der Waals surface area (Å²) in [6.07, 6.45) is 0.229. The second-order valence-corrected chi connectivity index (χ2v) is 10.6. The number of hydrogen-bond acceptors (Lipinski definition) is 7. The third kappa shape index (κ3) is 6.83. The molecular formula is C23H26N2O6S2. The molecule has 33 heavy (non-hydrogen) atoms. The van der Waals surface area contributed by atoms with Crippen LogP contribution in [0.25, 0.3) is 10.2 Å². The summed E-state index contributed by atoms with van der Waals surface area (Å²) in [6, 6.07) is 14.1. The van der Waals surface area contributed by atoms with E-state index in [4.69, 9.17) is 9.47 Å². The molecule has 0 unspecified atom stereocenters. The highest BCUT2D eigenvalue weighted by atomic mass is 32.2. The minimum Gasteiger partial charge on any atom is -0.465 e. The summed E-state index contributed by atoms with van der Waals surface area (Å²) in [5.41, 5.74) is 1.96. The molecule has 0 N–H and O–H groups in total. The number of hydrogen-bond donors (Lipinski definition) is 0. The first-order valence-electron chi connectivity index (χ1n) is 10.4. The fourth-order valence-corrected chi connectivity index (χ4v) is 5.85. The van der Waals surface area contributed by atoms with Gasteiger partial charge in [0.15, 0.2) is 14.6 Å². The Hall–Kier alpha value is -2.82. The van der Waals surface area contributed by atoms with Crippen LogP contribution in [0.4, 0.5) is 0 Å². The van der Waals surface area contributed by atoms with E-state index in [1.165, 1.54) is 18.4 Å². The highest BCUT2D eigenvalue weighted by molar-refractivity contribution is 7.90. The molecular weight excluding hydrogens is 464 g/mol. The summed E-state index contributed by atoms with van der Waals surface area (Å²) in [7, 11) is -0.412. The number of benzene rings is 2. The van der Waals surface area contributed by atoms with Crippen molar-refractivity contribution in [3.63, 3.8) is 0 Å². The van der Waals surface area contributed by atoms with Crippen molar-refractivity contribution < 1.29 is 27.5 Å². The average Bonchev–Trinajstić information content (AvgIpc) is 3.13. The molecule has 0 aliphatic carbocycles. The quantitative estimate of drug-likeness (QED) is 0.405. The molecule has 0 spiro atoms. The van der Waals surface area contributed by atoms with Crippen molar-refractivity contribution in [2.45, 2.75) is 25.1 Å². The van der Waals surface area contributed by atoms with Gasteiger partial charge in [-0.3, -0.25) is 4.79 Å². The lowest BCUT2D eigenvalue weighted by Gasteiger charge is -2.05. The third-order valence-electron chi connectivity index (χ3n) is 4.92. The van der Waals surface area contributed by atoms with Crippen LogP contribution >= 0.6 is 11.3 Å².